The van der Waals surface area contributed by atoms with Crippen molar-refractivity contribution in [1.82, 2.24) is 0 Å². The Morgan fingerprint density at radius 3 is 1.38 bits per heavy atom. The first-order chi connectivity index (χ1) is 3.41. The van der Waals surface area contributed by atoms with Crippen LogP contribution in [0.4, 0.5) is 0 Å². The third-order valence-corrected chi connectivity index (χ3v) is 1.21. The fraction of sp³-hybridized carbons (Fsp3) is 1.00. The molecule has 0 saturated heterocycles. The summed E-state index contributed by atoms with van der Waals surface area (Å²) in [4.78, 5) is 0. The van der Waals surface area contributed by atoms with E-state index >= 15 is 0 Å². The largest absolute Gasteiger partial charge is 1.00 e. The molecule has 0 aromatic carbocycles. The van der Waals surface area contributed by atoms with Gasteiger partial charge in [-0.05, 0) is 0 Å². The maximum absolute atomic E-state index is 2.25. The molecule has 0 N–H and O–H groups in total. The molecule has 1 heteroatoms. The molecule has 0 fully saturated rings. The summed E-state index contributed by atoms with van der Waals surface area (Å²) >= 11 is 0. The number of unbranched alkanes of at least 4 members (excludes halogenated alkanes) is 4. The van der Waals surface area contributed by atoms with Gasteiger partial charge in [0, 0.05) is 0 Å². The standard InChI is InChI=1S/C7H16.Cu/c1-3-5-7-6-4-2;/h3-7H2,1-2H3;/q;+1. The first-order valence-electron chi connectivity index (χ1n) is 3.41. The van der Waals surface area contributed by atoms with Crippen LogP contribution in [0.25, 0.3) is 0 Å². The molecular formula is C7H16Cu+. The van der Waals surface area contributed by atoms with Crippen LogP contribution in [-0.2, 0) is 17.1 Å². The van der Waals surface area contributed by atoms with Gasteiger partial charge in [-0.3, -0.25) is 0 Å². The average molecular weight is 164 g/mol. The van der Waals surface area contributed by atoms with Crippen molar-refractivity contribution >= 4 is 0 Å². The molecule has 0 aromatic rings. The van der Waals surface area contributed by atoms with Crippen molar-refractivity contribution in [2.75, 3.05) is 0 Å². The molecule has 0 spiro atoms. The van der Waals surface area contributed by atoms with Gasteiger partial charge in [0.1, 0.15) is 0 Å². The fourth-order valence-corrected chi connectivity index (χ4v) is 0.677. The molecule has 0 aliphatic carbocycles. The number of hydrogen-bond acceptors (Lipinski definition) is 0. The summed E-state index contributed by atoms with van der Waals surface area (Å²) in [5.41, 5.74) is 0. The Hall–Kier alpha value is 0.519. The molecule has 0 heterocycles. The maximum atomic E-state index is 2.25. The van der Waals surface area contributed by atoms with Gasteiger partial charge in [0.25, 0.3) is 0 Å². The van der Waals surface area contributed by atoms with Crippen LogP contribution in [0.2, 0.25) is 0 Å². The van der Waals surface area contributed by atoms with Gasteiger partial charge in [-0.2, -0.15) is 0 Å². The Morgan fingerprint density at radius 2 is 1.12 bits per heavy atom. The second kappa shape index (κ2) is 10.5. The topological polar surface area (TPSA) is 0 Å². The van der Waals surface area contributed by atoms with Crippen LogP contribution in [-0.4, -0.2) is 0 Å². The van der Waals surface area contributed by atoms with E-state index < -0.39 is 0 Å². The Balaban J connectivity index is 0. The van der Waals surface area contributed by atoms with Crippen LogP contribution in [0.15, 0.2) is 0 Å². The summed E-state index contributed by atoms with van der Waals surface area (Å²) in [6.45, 7) is 4.49. The molecule has 0 unspecified atom stereocenters. The van der Waals surface area contributed by atoms with Gasteiger partial charge in [-0.1, -0.05) is 46.0 Å². The SMILES string of the molecule is CCCCCCC.[Cu+]. The van der Waals surface area contributed by atoms with Crippen molar-refractivity contribution in [1.29, 1.82) is 0 Å². The van der Waals surface area contributed by atoms with Crippen molar-refractivity contribution < 1.29 is 17.1 Å². The maximum Gasteiger partial charge on any atom is 1.00 e. The predicted octanol–water partition coefficient (Wildman–Crippen LogP) is 2.97. The summed E-state index contributed by atoms with van der Waals surface area (Å²) in [5.74, 6) is 0. The van der Waals surface area contributed by atoms with Crippen molar-refractivity contribution in [3.63, 3.8) is 0 Å². The molecule has 0 aliphatic heterocycles. The van der Waals surface area contributed by atoms with Gasteiger partial charge >= 0.3 is 17.1 Å². The zero-order valence-electron chi connectivity index (χ0n) is 5.84. The van der Waals surface area contributed by atoms with Crippen molar-refractivity contribution in [3.05, 3.63) is 0 Å². The molecular weight excluding hydrogens is 148 g/mol. The van der Waals surface area contributed by atoms with E-state index in [9.17, 15) is 0 Å². The zero-order valence-corrected chi connectivity index (χ0v) is 6.78. The van der Waals surface area contributed by atoms with Gasteiger partial charge in [0.15, 0.2) is 0 Å². The summed E-state index contributed by atoms with van der Waals surface area (Å²) in [6, 6.07) is 0. The smallest absolute Gasteiger partial charge is 0.0654 e. The molecule has 0 atom stereocenters. The summed E-state index contributed by atoms with van der Waals surface area (Å²) in [5, 5.41) is 0. The van der Waals surface area contributed by atoms with Gasteiger partial charge in [0.2, 0.25) is 0 Å². The molecule has 0 saturated carbocycles. The van der Waals surface area contributed by atoms with Gasteiger partial charge in [-0.25, -0.2) is 0 Å². The fourth-order valence-electron chi connectivity index (χ4n) is 0.677. The Bertz CT molecular complexity index is 23.6. The zero-order chi connectivity index (χ0) is 5.54. The summed E-state index contributed by atoms with van der Waals surface area (Å²) in [7, 11) is 0. The second-order valence-corrected chi connectivity index (χ2v) is 2.06. The van der Waals surface area contributed by atoms with Crippen molar-refractivity contribution in [3.8, 4) is 0 Å². The molecule has 0 amide bonds. The van der Waals surface area contributed by atoms with Crippen LogP contribution in [0.3, 0.4) is 0 Å². The van der Waals surface area contributed by atoms with Crippen molar-refractivity contribution in [2.45, 2.75) is 46.0 Å². The van der Waals surface area contributed by atoms with E-state index in [1.54, 1.807) is 0 Å². The average Bonchev–Trinajstić information content (AvgIpc) is 1.69. The summed E-state index contributed by atoms with van der Waals surface area (Å²) in [6.07, 6.45) is 7.01. The summed E-state index contributed by atoms with van der Waals surface area (Å²) < 4.78 is 0. The third kappa shape index (κ3) is 9.72. The third-order valence-electron chi connectivity index (χ3n) is 1.21. The predicted molar refractivity (Wildman–Crippen MR) is 34.4 cm³/mol. The van der Waals surface area contributed by atoms with Crippen LogP contribution in [0, 0.1) is 0 Å². The first-order valence-corrected chi connectivity index (χ1v) is 3.41. The number of rotatable bonds is 4. The molecule has 0 nitrogen and oxygen atoms in total. The van der Waals surface area contributed by atoms with E-state index in [1.165, 1.54) is 32.1 Å². The normalized spacial score (nSPS) is 8.25. The minimum Gasteiger partial charge on any atom is -0.0654 e. The first kappa shape index (κ1) is 11.3. The van der Waals surface area contributed by atoms with E-state index in [1.807, 2.05) is 0 Å². The van der Waals surface area contributed by atoms with Gasteiger partial charge < -0.3 is 0 Å². The number of hydrogen-bond donors (Lipinski definition) is 0. The molecule has 0 aromatic heterocycles. The molecule has 54 valence electrons. The van der Waals surface area contributed by atoms with Crippen LogP contribution in [0.1, 0.15) is 46.0 Å². The van der Waals surface area contributed by atoms with Crippen LogP contribution < -0.4 is 0 Å². The molecule has 0 radical (unpaired) electrons. The van der Waals surface area contributed by atoms with E-state index in [-0.39, 0.29) is 17.1 Å². The van der Waals surface area contributed by atoms with E-state index in [0.29, 0.717) is 0 Å². The minimum absolute atomic E-state index is 0. The Kier molecular flexibility index (Phi) is 14.9. The molecule has 8 heavy (non-hydrogen) atoms. The van der Waals surface area contributed by atoms with E-state index in [0.717, 1.165) is 0 Å². The quantitative estimate of drug-likeness (QED) is 0.442. The molecule has 0 bridgehead atoms. The van der Waals surface area contributed by atoms with Crippen LogP contribution >= 0.6 is 0 Å². The Morgan fingerprint density at radius 1 is 0.750 bits per heavy atom. The van der Waals surface area contributed by atoms with Crippen LogP contribution in [0.5, 0.6) is 0 Å². The van der Waals surface area contributed by atoms with Crippen molar-refractivity contribution in [2.24, 2.45) is 0 Å². The molecule has 0 aliphatic rings. The molecule has 0 rings (SSSR count). The van der Waals surface area contributed by atoms with Gasteiger partial charge in [-0.15, -0.1) is 0 Å². The Labute approximate surface area is 63.5 Å². The van der Waals surface area contributed by atoms with E-state index in [2.05, 4.69) is 13.8 Å². The minimum atomic E-state index is 0. The van der Waals surface area contributed by atoms with Gasteiger partial charge in [0.05, 0.1) is 0 Å². The second-order valence-electron chi connectivity index (χ2n) is 2.06. The van der Waals surface area contributed by atoms with E-state index in [4.69, 9.17) is 0 Å². The monoisotopic (exact) mass is 163 g/mol.